The van der Waals surface area contributed by atoms with Gasteiger partial charge < -0.3 is 5.73 Å². The fourth-order valence-electron chi connectivity index (χ4n) is 0.770. The zero-order valence-corrected chi connectivity index (χ0v) is 10.2. The van der Waals surface area contributed by atoms with Gasteiger partial charge in [-0.2, -0.15) is 0 Å². The van der Waals surface area contributed by atoms with E-state index in [2.05, 4.69) is 9.97 Å². The third kappa shape index (κ3) is 4.17. The highest BCUT2D eigenvalue weighted by molar-refractivity contribution is 8.13. The van der Waals surface area contributed by atoms with E-state index in [0.29, 0.717) is 5.16 Å². The Hall–Kier alpha value is -0.460. The maximum atomic E-state index is 7.10. The van der Waals surface area contributed by atoms with Crippen LogP contribution in [0.15, 0.2) is 16.2 Å². The van der Waals surface area contributed by atoms with E-state index in [9.17, 15) is 0 Å². The van der Waals surface area contributed by atoms with Crippen molar-refractivity contribution in [1.29, 1.82) is 5.41 Å². The molecule has 0 bridgehead atoms. The van der Waals surface area contributed by atoms with Gasteiger partial charge in [-0.05, 0) is 31.0 Å². The second kappa shape index (κ2) is 6.10. The van der Waals surface area contributed by atoms with Crippen molar-refractivity contribution >= 4 is 41.1 Å². The topological polar surface area (TPSA) is 75.7 Å². The molecule has 3 N–H and O–H groups in total. The van der Waals surface area contributed by atoms with Gasteiger partial charge in [-0.3, -0.25) is 5.41 Å². The number of aryl methyl sites for hydroxylation is 1. The molecule has 78 valence electrons. The van der Waals surface area contributed by atoms with Gasteiger partial charge in [-0.1, -0.05) is 11.8 Å². The van der Waals surface area contributed by atoms with Crippen LogP contribution in [0.4, 0.5) is 0 Å². The molecule has 14 heavy (non-hydrogen) atoms. The van der Waals surface area contributed by atoms with Crippen molar-refractivity contribution in [3.05, 3.63) is 11.8 Å². The highest BCUT2D eigenvalue weighted by Gasteiger charge is 2.02. The quantitative estimate of drug-likeness (QED) is 0.276. The van der Waals surface area contributed by atoms with Gasteiger partial charge in [0, 0.05) is 5.69 Å². The zero-order valence-electron chi connectivity index (χ0n) is 7.77. The van der Waals surface area contributed by atoms with Gasteiger partial charge in [0.05, 0.1) is 0 Å². The maximum absolute atomic E-state index is 7.10. The van der Waals surface area contributed by atoms with Crippen molar-refractivity contribution in [2.45, 2.75) is 17.1 Å². The normalized spacial score (nSPS) is 9.29. The van der Waals surface area contributed by atoms with Crippen molar-refractivity contribution < 1.29 is 0 Å². The van der Waals surface area contributed by atoms with E-state index in [1.165, 1.54) is 11.8 Å². The molecule has 1 heterocycles. The van der Waals surface area contributed by atoms with Gasteiger partial charge >= 0.3 is 0 Å². The van der Waals surface area contributed by atoms with Gasteiger partial charge in [-0.25, -0.2) is 9.97 Å². The molecule has 0 radical (unpaired) electrons. The van der Waals surface area contributed by atoms with Crippen LogP contribution in [-0.2, 0) is 0 Å². The highest BCUT2D eigenvalue weighted by Crippen LogP contribution is 2.18. The minimum Gasteiger partial charge on any atom is -0.378 e. The Kier molecular flexibility index (Phi) is 5.90. The number of thioether (sulfide) groups is 2. The SMILES string of the molecule is CSc1nc(C)cc(SC(=N)N)n1.Cl. The lowest BCUT2D eigenvalue weighted by atomic mass is 10.5. The molecule has 1 aromatic rings. The van der Waals surface area contributed by atoms with E-state index in [0.717, 1.165) is 22.5 Å². The first-order valence-electron chi connectivity index (χ1n) is 3.53. The molecule has 0 atom stereocenters. The van der Waals surface area contributed by atoms with Crippen LogP contribution in [0.5, 0.6) is 0 Å². The van der Waals surface area contributed by atoms with Crippen LogP contribution in [0.1, 0.15) is 5.69 Å². The Balaban J connectivity index is 0.00000169. The van der Waals surface area contributed by atoms with E-state index in [1.54, 1.807) is 0 Å². The average molecular weight is 251 g/mol. The summed E-state index contributed by atoms with van der Waals surface area (Å²) in [5.41, 5.74) is 6.14. The molecule has 1 aromatic heterocycles. The Morgan fingerprint density at radius 1 is 1.50 bits per heavy atom. The number of nitrogens with two attached hydrogens (primary N) is 1. The van der Waals surface area contributed by atoms with E-state index < -0.39 is 0 Å². The zero-order chi connectivity index (χ0) is 9.84. The monoisotopic (exact) mass is 250 g/mol. The molecular formula is C7H11ClN4S2. The van der Waals surface area contributed by atoms with Gasteiger partial charge in [0.1, 0.15) is 5.03 Å². The number of nitrogens with zero attached hydrogens (tertiary/aromatic N) is 2. The fraction of sp³-hybridized carbons (Fsp3) is 0.286. The fourth-order valence-corrected chi connectivity index (χ4v) is 1.84. The lowest BCUT2D eigenvalue weighted by Gasteiger charge is -2.01. The standard InChI is InChI=1S/C7H10N4S2.ClH/c1-4-3-5(13-6(8)9)11-7(10-4)12-2;/h3H,1-2H3,(H3,8,9);1H. The number of hydrogen-bond donors (Lipinski definition) is 2. The number of aromatic nitrogens is 2. The first-order chi connectivity index (χ1) is 6.11. The summed E-state index contributed by atoms with van der Waals surface area (Å²) in [6.45, 7) is 1.89. The van der Waals surface area contributed by atoms with Crippen LogP contribution in [0.25, 0.3) is 0 Å². The van der Waals surface area contributed by atoms with E-state index in [4.69, 9.17) is 11.1 Å². The van der Waals surface area contributed by atoms with Crippen LogP contribution in [0.3, 0.4) is 0 Å². The molecule has 0 saturated heterocycles. The Bertz CT molecular complexity index is 331. The third-order valence-corrected chi connectivity index (χ3v) is 2.39. The van der Waals surface area contributed by atoms with Gasteiger partial charge in [-0.15, -0.1) is 12.4 Å². The first kappa shape index (κ1) is 13.5. The molecule has 4 nitrogen and oxygen atoms in total. The number of rotatable bonds is 2. The second-order valence-corrected chi connectivity index (χ2v) is 4.14. The van der Waals surface area contributed by atoms with Crippen LogP contribution in [-0.4, -0.2) is 21.4 Å². The van der Waals surface area contributed by atoms with Gasteiger partial charge in [0.25, 0.3) is 0 Å². The van der Waals surface area contributed by atoms with Crippen LogP contribution >= 0.6 is 35.9 Å². The molecule has 0 aliphatic carbocycles. The maximum Gasteiger partial charge on any atom is 0.188 e. The number of halogens is 1. The van der Waals surface area contributed by atoms with Crippen LogP contribution in [0.2, 0.25) is 0 Å². The number of hydrogen-bond acceptors (Lipinski definition) is 5. The lowest BCUT2D eigenvalue weighted by Crippen LogP contribution is -2.04. The number of nitrogens with one attached hydrogen (secondary N) is 1. The van der Waals surface area contributed by atoms with Gasteiger partial charge in [0.2, 0.25) is 0 Å². The van der Waals surface area contributed by atoms with Crippen molar-refractivity contribution in [3.8, 4) is 0 Å². The van der Waals surface area contributed by atoms with Crippen molar-refractivity contribution in [1.82, 2.24) is 9.97 Å². The smallest absolute Gasteiger partial charge is 0.188 e. The Morgan fingerprint density at radius 2 is 2.14 bits per heavy atom. The average Bonchev–Trinajstić information content (AvgIpc) is 2.01. The minimum absolute atomic E-state index is 0. The number of amidine groups is 1. The molecule has 0 amide bonds. The van der Waals surface area contributed by atoms with Crippen LogP contribution in [0, 0.1) is 12.3 Å². The summed E-state index contributed by atoms with van der Waals surface area (Å²) in [5.74, 6) is 0. The lowest BCUT2D eigenvalue weighted by molar-refractivity contribution is 0.868. The highest BCUT2D eigenvalue weighted by atomic mass is 35.5. The van der Waals surface area contributed by atoms with E-state index in [-0.39, 0.29) is 17.6 Å². The molecule has 7 heteroatoms. The predicted octanol–water partition coefficient (Wildman–Crippen LogP) is 1.91. The summed E-state index contributed by atoms with van der Waals surface area (Å²) in [4.78, 5) is 8.37. The predicted molar refractivity (Wildman–Crippen MR) is 63.6 cm³/mol. The molecule has 0 unspecified atom stereocenters. The second-order valence-electron chi connectivity index (χ2n) is 2.30. The molecule has 0 saturated carbocycles. The molecule has 0 spiro atoms. The molecule has 0 aliphatic rings. The van der Waals surface area contributed by atoms with Crippen LogP contribution < -0.4 is 5.73 Å². The van der Waals surface area contributed by atoms with Gasteiger partial charge in [0.15, 0.2) is 10.3 Å². The third-order valence-electron chi connectivity index (χ3n) is 1.21. The molecule has 0 aliphatic heterocycles. The Morgan fingerprint density at radius 3 is 2.64 bits per heavy atom. The minimum atomic E-state index is 0. The summed E-state index contributed by atoms with van der Waals surface area (Å²) in [5, 5.41) is 8.59. The summed E-state index contributed by atoms with van der Waals surface area (Å²) >= 11 is 2.62. The van der Waals surface area contributed by atoms with Crippen molar-refractivity contribution in [3.63, 3.8) is 0 Å². The Labute approximate surface area is 97.4 Å². The van der Waals surface area contributed by atoms with Crippen molar-refractivity contribution in [2.24, 2.45) is 5.73 Å². The summed E-state index contributed by atoms with van der Waals surface area (Å²) < 4.78 is 0. The largest absolute Gasteiger partial charge is 0.378 e. The molecule has 1 rings (SSSR count). The molecular weight excluding hydrogens is 240 g/mol. The summed E-state index contributed by atoms with van der Waals surface area (Å²) in [6.07, 6.45) is 1.91. The summed E-state index contributed by atoms with van der Waals surface area (Å²) in [7, 11) is 0. The van der Waals surface area contributed by atoms with E-state index >= 15 is 0 Å². The van der Waals surface area contributed by atoms with Crippen molar-refractivity contribution in [2.75, 3.05) is 6.26 Å². The molecule has 0 fully saturated rings. The first-order valence-corrected chi connectivity index (χ1v) is 5.57. The molecule has 0 aromatic carbocycles. The summed E-state index contributed by atoms with van der Waals surface area (Å²) in [6, 6.07) is 1.81. The van der Waals surface area contributed by atoms with E-state index in [1.807, 2.05) is 19.2 Å².